The number of carboxylic acids is 1. The number of hydrogen-bond donors (Lipinski definition) is 3. The predicted octanol–water partition coefficient (Wildman–Crippen LogP) is 4.95. The number of hydrogen-bond acceptors (Lipinski definition) is 9. The van der Waals surface area contributed by atoms with E-state index in [1.807, 2.05) is 0 Å². The summed E-state index contributed by atoms with van der Waals surface area (Å²) in [6.45, 7) is 6.86. The molecule has 3 heterocycles. The number of rotatable bonds is 11. The quantitative estimate of drug-likeness (QED) is 0.145. The second-order valence-corrected chi connectivity index (χ2v) is 13.3. The minimum Gasteiger partial charge on any atom is -0.489 e. The number of aliphatic carboxylic acids is 1. The standard InChI is InChI=1S/C30H33Cl2N5O7S/c1-17(26(41)37(43)29(2,3)4)36-10-9-30(27(36)42,14-24(38)35-28-33-20(16-45-28)13-25(39)40)19-5-7-21(8-6-19)44-15-18-11-22(31)34-23(32)12-18/h5-8,11-12,16-17,43H,9-10,13-15H2,1-4H3,(H,39,40)(H,33,35,38)/t17-,30?/m1/s1. The van der Waals surface area contributed by atoms with E-state index in [1.165, 1.54) is 10.3 Å². The van der Waals surface area contributed by atoms with Gasteiger partial charge in [0.05, 0.1) is 23.1 Å². The smallest absolute Gasteiger partial charge is 0.309 e. The van der Waals surface area contributed by atoms with Crippen LogP contribution in [0, 0.1) is 0 Å². The lowest BCUT2D eigenvalue weighted by atomic mass is 9.75. The Bertz CT molecular complexity index is 1570. The van der Waals surface area contributed by atoms with E-state index < -0.39 is 40.7 Å². The summed E-state index contributed by atoms with van der Waals surface area (Å²) >= 11 is 13.0. The summed E-state index contributed by atoms with van der Waals surface area (Å²) < 4.78 is 5.87. The molecule has 1 saturated heterocycles. The SMILES string of the molecule is C[C@H](C(=O)N(O)C(C)(C)C)N1CCC(CC(=O)Nc2nc(CC(=O)O)cs2)(c2ccc(OCc3cc(Cl)nc(Cl)c3)cc2)C1=O. The van der Waals surface area contributed by atoms with Gasteiger partial charge in [0.2, 0.25) is 11.8 Å². The number of carboxylic acid groups (broad SMARTS) is 1. The van der Waals surface area contributed by atoms with Crippen LogP contribution >= 0.6 is 34.5 Å². The average molecular weight is 679 g/mol. The van der Waals surface area contributed by atoms with Gasteiger partial charge in [-0.1, -0.05) is 35.3 Å². The van der Waals surface area contributed by atoms with Gasteiger partial charge in [-0.15, -0.1) is 11.3 Å². The number of hydroxylamine groups is 2. The fraction of sp³-hybridized carbons (Fsp3) is 0.400. The lowest BCUT2D eigenvalue weighted by molar-refractivity contribution is -0.192. The van der Waals surface area contributed by atoms with Crippen molar-refractivity contribution < 1.29 is 34.2 Å². The molecule has 4 rings (SSSR count). The fourth-order valence-corrected chi connectivity index (χ4v) is 6.24. The minimum absolute atomic E-state index is 0.157. The van der Waals surface area contributed by atoms with Gasteiger partial charge in [0.25, 0.3) is 5.91 Å². The molecule has 0 saturated carbocycles. The highest BCUT2D eigenvalue weighted by Crippen LogP contribution is 2.41. The molecule has 2 atom stereocenters. The van der Waals surface area contributed by atoms with Crippen LogP contribution in [0.15, 0.2) is 41.8 Å². The maximum Gasteiger partial charge on any atom is 0.309 e. The summed E-state index contributed by atoms with van der Waals surface area (Å²) in [5.74, 6) is -2.16. The molecule has 0 radical (unpaired) electrons. The molecule has 0 bridgehead atoms. The number of thiazole rings is 1. The van der Waals surface area contributed by atoms with Gasteiger partial charge in [-0.3, -0.25) is 24.4 Å². The van der Waals surface area contributed by atoms with E-state index in [1.54, 1.807) is 64.1 Å². The second kappa shape index (κ2) is 13.7. The van der Waals surface area contributed by atoms with Crippen LogP contribution in [0.1, 0.15) is 57.4 Å². The predicted molar refractivity (Wildman–Crippen MR) is 168 cm³/mol. The first kappa shape index (κ1) is 34.1. The number of likely N-dealkylation sites (tertiary alicyclic amines) is 1. The van der Waals surface area contributed by atoms with Gasteiger partial charge in [-0.25, -0.2) is 15.0 Å². The Kier molecular flexibility index (Phi) is 10.4. The molecule has 45 heavy (non-hydrogen) atoms. The molecule has 15 heteroatoms. The number of aromatic nitrogens is 2. The van der Waals surface area contributed by atoms with E-state index in [4.69, 9.17) is 33.0 Å². The van der Waals surface area contributed by atoms with Gasteiger partial charge in [0, 0.05) is 18.3 Å². The summed E-state index contributed by atoms with van der Waals surface area (Å²) in [6.07, 6.45) is -0.344. The number of anilines is 1. The number of amides is 3. The van der Waals surface area contributed by atoms with Crippen molar-refractivity contribution in [2.45, 2.75) is 70.6 Å². The van der Waals surface area contributed by atoms with Gasteiger partial charge < -0.3 is 20.1 Å². The summed E-state index contributed by atoms with van der Waals surface area (Å²) in [6, 6.07) is 9.02. The molecule has 240 valence electrons. The number of pyridine rings is 1. The van der Waals surface area contributed by atoms with Gasteiger partial charge in [0.1, 0.15) is 28.7 Å². The van der Waals surface area contributed by atoms with Crippen molar-refractivity contribution in [3.8, 4) is 5.75 Å². The Balaban J connectivity index is 1.58. The molecule has 12 nitrogen and oxygen atoms in total. The zero-order chi connectivity index (χ0) is 33.1. The number of ether oxygens (including phenoxy) is 1. The number of carbonyl (C=O) groups is 4. The number of nitrogens with one attached hydrogen (secondary N) is 1. The molecule has 1 aliphatic rings. The molecule has 0 aliphatic carbocycles. The number of halogens is 2. The average Bonchev–Trinajstić information content (AvgIpc) is 3.53. The van der Waals surface area contributed by atoms with Crippen molar-refractivity contribution >= 4 is 63.4 Å². The van der Waals surface area contributed by atoms with Crippen LogP contribution in [-0.2, 0) is 37.6 Å². The van der Waals surface area contributed by atoms with E-state index in [0.717, 1.165) is 11.3 Å². The third-order valence-electron chi connectivity index (χ3n) is 7.35. The normalized spacial score (nSPS) is 17.2. The van der Waals surface area contributed by atoms with Crippen LogP contribution in [0.2, 0.25) is 10.3 Å². The summed E-state index contributed by atoms with van der Waals surface area (Å²) in [4.78, 5) is 61.1. The van der Waals surface area contributed by atoms with E-state index in [2.05, 4.69) is 15.3 Å². The highest BCUT2D eigenvalue weighted by atomic mass is 35.5. The lowest BCUT2D eigenvalue weighted by Crippen LogP contribution is -2.53. The summed E-state index contributed by atoms with van der Waals surface area (Å²) in [7, 11) is 0. The van der Waals surface area contributed by atoms with Gasteiger partial charge >= 0.3 is 5.97 Å². The molecule has 1 unspecified atom stereocenters. The molecule has 3 aromatic rings. The van der Waals surface area contributed by atoms with Crippen molar-refractivity contribution in [2.24, 2.45) is 0 Å². The Hall–Kier alpha value is -3.78. The second-order valence-electron chi connectivity index (χ2n) is 11.7. The fourth-order valence-electron chi connectivity index (χ4n) is 5.01. The molecule has 2 aromatic heterocycles. The molecule has 1 aromatic carbocycles. The van der Waals surface area contributed by atoms with Crippen LogP contribution < -0.4 is 10.1 Å². The Morgan fingerprint density at radius 1 is 1.16 bits per heavy atom. The van der Waals surface area contributed by atoms with Crippen LogP contribution in [0.4, 0.5) is 5.13 Å². The van der Waals surface area contributed by atoms with Crippen LogP contribution in [0.3, 0.4) is 0 Å². The van der Waals surface area contributed by atoms with Crippen molar-refractivity contribution in [1.82, 2.24) is 19.9 Å². The van der Waals surface area contributed by atoms with E-state index in [9.17, 15) is 24.4 Å². The molecule has 1 fully saturated rings. The Morgan fingerprint density at radius 2 is 1.80 bits per heavy atom. The van der Waals surface area contributed by atoms with Gasteiger partial charge in [-0.05, 0) is 69.5 Å². The van der Waals surface area contributed by atoms with Crippen LogP contribution in [0.25, 0.3) is 0 Å². The maximum absolute atomic E-state index is 14.2. The third-order valence-corrected chi connectivity index (χ3v) is 8.54. The largest absolute Gasteiger partial charge is 0.489 e. The summed E-state index contributed by atoms with van der Waals surface area (Å²) in [5, 5.41) is 25.0. The Labute approximate surface area is 273 Å². The zero-order valence-corrected chi connectivity index (χ0v) is 27.4. The molecule has 1 aliphatic heterocycles. The monoisotopic (exact) mass is 677 g/mol. The van der Waals surface area contributed by atoms with Crippen molar-refractivity contribution in [3.63, 3.8) is 0 Å². The molecule has 0 spiro atoms. The number of nitrogens with zero attached hydrogens (tertiary/aromatic N) is 4. The van der Waals surface area contributed by atoms with Crippen LogP contribution in [-0.4, -0.2) is 72.1 Å². The van der Waals surface area contributed by atoms with Crippen molar-refractivity contribution in [3.05, 3.63) is 68.9 Å². The van der Waals surface area contributed by atoms with E-state index >= 15 is 0 Å². The van der Waals surface area contributed by atoms with Crippen molar-refractivity contribution in [1.29, 1.82) is 0 Å². The topological polar surface area (TPSA) is 162 Å². The minimum atomic E-state index is -1.34. The maximum atomic E-state index is 14.2. The van der Waals surface area contributed by atoms with Crippen molar-refractivity contribution in [2.75, 3.05) is 11.9 Å². The lowest BCUT2D eigenvalue weighted by Gasteiger charge is -2.35. The first-order chi connectivity index (χ1) is 21.1. The first-order valence-electron chi connectivity index (χ1n) is 13.9. The highest BCUT2D eigenvalue weighted by Gasteiger charge is 2.52. The molecule has 3 amide bonds. The van der Waals surface area contributed by atoms with E-state index in [-0.39, 0.29) is 47.9 Å². The molecular weight excluding hydrogens is 645 g/mol. The van der Waals surface area contributed by atoms with Gasteiger partial charge in [0.15, 0.2) is 5.13 Å². The van der Waals surface area contributed by atoms with E-state index in [0.29, 0.717) is 27.6 Å². The molecule has 3 N–H and O–H groups in total. The molecular formula is C30H33Cl2N5O7S. The Morgan fingerprint density at radius 3 is 2.40 bits per heavy atom. The van der Waals surface area contributed by atoms with Gasteiger partial charge in [-0.2, -0.15) is 0 Å². The number of carbonyl (C=O) groups excluding carboxylic acids is 3. The highest BCUT2D eigenvalue weighted by molar-refractivity contribution is 7.13. The summed E-state index contributed by atoms with van der Waals surface area (Å²) in [5.41, 5.74) is -0.686. The zero-order valence-electron chi connectivity index (χ0n) is 25.0. The first-order valence-corrected chi connectivity index (χ1v) is 15.6. The number of benzene rings is 1. The van der Waals surface area contributed by atoms with Crippen LogP contribution in [0.5, 0.6) is 5.75 Å². The third kappa shape index (κ3) is 8.09.